The van der Waals surface area contributed by atoms with Crippen LogP contribution in [0.3, 0.4) is 0 Å². The van der Waals surface area contributed by atoms with Crippen LogP contribution in [0.2, 0.25) is 0 Å². The Morgan fingerprint density at radius 3 is 2.67 bits per heavy atom. The molecule has 1 heterocycles. The molecule has 0 saturated carbocycles. The monoisotopic (exact) mass is 221 g/mol. The van der Waals surface area contributed by atoms with Crippen LogP contribution in [0.4, 0.5) is 10.8 Å². The first-order valence-corrected chi connectivity index (χ1v) is 4.97. The number of benzene rings is 1. The SMILES string of the molecule is Oc1ccc(N=Nc2nccs2)cc1O. The third-order valence-electron chi connectivity index (χ3n) is 1.63. The summed E-state index contributed by atoms with van der Waals surface area (Å²) in [7, 11) is 0. The van der Waals surface area contributed by atoms with Crippen LogP contribution in [0, 0.1) is 0 Å². The van der Waals surface area contributed by atoms with Gasteiger partial charge >= 0.3 is 0 Å². The van der Waals surface area contributed by atoms with Gasteiger partial charge in [-0.3, -0.25) is 0 Å². The summed E-state index contributed by atoms with van der Waals surface area (Å²) < 4.78 is 0. The minimum atomic E-state index is -0.217. The molecule has 76 valence electrons. The smallest absolute Gasteiger partial charge is 0.229 e. The minimum Gasteiger partial charge on any atom is -0.504 e. The van der Waals surface area contributed by atoms with Crippen LogP contribution in [0.1, 0.15) is 0 Å². The van der Waals surface area contributed by atoms with Gasteiger partial charge in [-0.2, -0.15) is 0 Å². The number of hydrogen-bond acceptors (Lipinski definition) is 6. The van der Waals surface area contributed by atoms with Crippen molar-refractivity contribution in [1.29, 1.82) is 0 Å². The molecule has 2 rings (SSSR count). The molecule has 2 N–H and O–H groups in total. The summed E-state index contributed by atoms with van der Waals surface area (Å²) >= 11 is 1.37. The van der Waals surface area contributed by atoms with Crippen molar-refractivity contribution >= 4 is 22.2 Å². The maximum atomic E-state index is 9.19. The Morgan fingerprint density at radius 2 is 2.00 bits per heavy atom. The second-order valence-corrected chi connectivity index (χ2v) is 3.56. The van der Waals surface area contributed by atoms with E-state index in [-0.39, 0.29) is 11.5 Å². The fourth-order valence-electron chi connectivity index (χ4n) is 0.940. The first-order valence-electron chi connectivity index (χ1n) is 4.09. The molecule has 0 radical (unpaired) electrons. The van der Waals surface area contributed by atoms with Crippen molar-refractivity contribution in [3.63, 3.8) is 0 Å². The van der Waals surface area contributed by atoms with Gasteiger partial charge in [0.05, 0.1) is 5.69 Å². The van der Waals surface area contributed by atoms with Crippen molar-refractivity contribution in [3.8, 4) is 11.5 Å². The molecule has 0 aliphatic rings. The normalized spacial score (nSPS) is 10.9. The van der Waals surface area contributed by atoms with Crippen LogP contribution in [0.15, 0.2) is 40.0 Å². The summed E-state index contributed by atoms with van der Waals surface area (Å²) in [5.41, 5.74) is 0.459. The van der Waals surface area contributed by atoms with Crippen LogP contribution >= 0.6 is 11.3 Å². The molecule has 0 fully saturated rings. The lowest BCUT2D eigenvalue weighted by atomic mass is 10.3. The lowest BCUT2D eigenvalue weighted by Crippen LogP contribution is -1.67. The number of azo groups is 1. The molecular formula is C9H7N3O2S. The average molecular weight is 221 g/mol. The molecule has 0 aliphatic heterocycles. The molecule has 0 spiro atoms. The molecule has 0 atom stereocenters. The van der Waals surface area contributed by atoms with Crippen molar-refractivity contribution in [2.45, 2.75) is 0 Å². The highest BCUT2D eigenvalue weighted by Gasteiger charge is 1.99. The Morgan fingerprint density at radius 1 is 1.13 bits per heavy atom. The molecule has 15 heavy (non-hydrogen) atoms. The molecule has 0 bridgehead atoms. The number of aromatic nitrogens is 1. The number of aromatic hydroxyl groups is 2. The van der Waals surface area contributed by atoms with E-state index in [0.29, 0.717) is 10.8 Å². The van der Waals surface area contributed by atoms with Gasteiger partial charge in [0, 0.05) is 17.6 Å². The van der Waals surface area contributed by atoms with E-state index in [1.165, 1.54) is 23.5 Å². The quantitative estimate of drug-likeness (QED) is 0.604. The first-order chi connectivity index (χ1) is 7.25. The number of rotatable bonds is 2. The van der Waals surface area contributed by atoms with Gasteiger partial charge in [0.25, 0.3) is 0 Å². The molecule has 0 saturated heterocycles. The maximum absolute atomic E-state index is 9.19. The standard InChI is InChI=1S/C9H7N3O2S/c13-7-2-1-6(5-8(7)14)11-12-9-10-3-4-15-9/h1-5,13-14H. The number of phenolic OH excluding ortho intramolecular Hbond substituents is 2. The highest BCUT2D eigenvalue weighted by Crippen LogP contribution is 2.29. The topological polar surface area (TPSA) is 78.1 Å². The molecule has 0 aliphatic carbocycles. The zero-order chi connectivity index (χ0) is 10.7. The average Bonchev–Trinajstić information content (AvgIpc) is 2.73. The van der Waals surface area contributed by atoms with Gasteiger partial charge in [-0.05, 0) is 12.1 Å². The van der Waals surface area contributed by atoms with Crippen LogP contribution < -0.4 is 0 Å². The van der Waals surface area contributed by atoms with Crippen molar-refractivity contribution < 1.29 is 10.2 Å². The lowest BCUT2D eigenvalue weighted by molar-refractivity contribution is 0.404. The number of hydrogen-bond donors (Lipinski definition) is 2. The fraction of sp³-hybridized carbons (Fsp3) is 0. The number of phenols is 2. The third kappa shape index (κ3) is 2.29. The van der Waals surface area contributed by atoms with E-state index >= 15 is 0 Å². The van der Waals surface area contributed by atoms with E-state index in [9.17, 15) is 5.11 Å². The third-order valence-corrected chi connectivity index (χ3v) is 2.28. The van der Waals surface area contributed by atoms with Gasteiger partial charge in [0.1, 0.15) is 0 Å². The maximum Gasteiger partial charge on any atom is 0.229 e. The Hall–Kier alpha value is -1.95. The summed E-state index contributed by atoms with van der Waals surface area (Å²) in [6.07, 6.45) is 1.63. The molecule has 6 heteroatoms. The zero-order valence-corrected chi connectivity index (χ0v) is 8.35. The van der Waals surface area contributed by atoms with Crippen LogP contribution in [0.25, 0.3) is 0 Å². The first kappa shape index (κ1) is 9.60. The van der Waals surface area contributed by atoms with Gasteiger partial charge in [0.2, 0.25) is 5.13 Å². The van der Waals surface area contributed by atoms with Gasteiger partial charge < -0.3 is 10.2 Å². The molecule has 5 nitrogen and oxygen atoms in total. The van der Waals surface area contributed by atoms with E-state index in [0.717, 1.165) is 0 Å². The summed E-state index contributed by atoms with van der Waals surface area (Å²) in [6, 6.07) is 4.23. The Bertz CT molecular complexity index is 482. The predicted octanol–water partition coefficient (Wildman–Crippen LogP) is 2.97. The molecule has 0 amide bonds. The van der Waals surface area contributed by atoms with Gasteiger partial charge in [0.15, 0.2) is 11.5 Å². The summed E-state index contributed by atoms with van der Waals surface area (Å²) in [4.78, 5) is 3.92. The van der Waals surface area contributed by atoms with E-state index in [1.54, 1.807) is 17.6 Å². The fourth-order valence-corrected chi connectivity index (χ4v) is 1.39. The second kappa shape index (κ2) is 4.05. The molecule has 1 aromatic carbocycles. The molecule has 0 unspecified atom stereocenters. The van der Waals surface area contributed by atoms with E-state index < -0.39 is 0 Å². The van der Waals surface area contributed by atoms with Crippen LogP contribution in [0.5, 0.6) is 11.5 Å². The van der Waals surface area contributed by atoms with E-state index in [1.807, 2.05) is 0 Å². The van der Waals surface area contributed by atoms with Crippen molar-refractivity contribution in [3.05, 3.63) is 29.8 Å². The van der Waals surface area contributed by atoms with Gasteiger partial charge in [-0.1, -0.05) is 0 Å². The second-order valence-electron chi connectivity index (χ2n) is 2.69. The Balaban J connectivity index is 2.21. The minimum absolute atomic E-state index is 0.178. The van der Waals surface area contributed by atoms with Crippen molar-refractivity contribution in [2.24, 2.45) is 10.2 Å². The highest BCUT2D eigenvalue weighted by molar-refractivity contribution is 7.13. The van der Waals surface area contributed by atoms with Crippen LogP contribution in [-0.2, 0) is 0 Å². The predicted molar refractivity (Wildman–Crippen MR) is 56.1 cm³/mol. The Labute approximate surface area is 89.4 Å². The van der Waals surface area contributed by atoms with Crippen molar-refractivity contribution in [1.82, 2.24) is 4.98 Å². The molecular weight excluding hydrogens is 214 g/mol. The van der Waals surface area contributed by atoms with Crippen LogP contribution in [-0.4, -0.2) is 15.2 Å². The Kier molecular flexibility index (Phi) is 2.59. The number of thiazole rings is 1. The highest BCUT2D eigenvalue weighted by atomic mass is 32.1. The molecule has 1 aromatic heterocycles. The summed E-state index contributed by atoms with van der Waals surface area (Å²) in [6.45, 7) is 0. The molecule has 2 aromatic rings. The number of nitrogens with zero attached hydrogens (tertiary/aromatic N) is 3. The van der Waals surface area contributed by atoms with Gasteiger partial charge in [-0.25, -0.2) is 4.98 Å². The van der Waals surface area contributed by atoms with Gasteiger partial charge in [-0.15, -0.1) is 21.6 Å². The lowest BCUT2D eigenvalue weighted by Gasteiger charge is -1.96. The van der Waals surface area contributed by atoms with Crippen molar-refractivity contribution in [2.75, 3.05) is 0 Å². The summed E-state index contributed by atoms with van der Waals surface area (Å²) in [5, 5.41) is 28.3. The summed E-state index contributed by atoms with van der Waals surface area (Å²) in [5.74, 6) is -0.395. The van der Waals surface area contributed by atoms with E-state index in [4.69, 9.17) is 5.11 Å². The zero-order valence-electron chi connectivity index (χ0n) is 7.53. The largest absolute Gasteiger partial charge is 0.504 e. The van der Waals surface area contributed by atoms with E-state index in [2.05, 4.69) is 15.2 Å².